The van der Waals surface area contributed by atoms with Gasteiger partial charge in [-0.25, -0.2) is 19.2 Å². The molecule has 0 spiro atoms. The quantitative estimate of drug-likeness (QED) is 0.00702. The van der Waals surface area contributed by atoms with Crippen molar-refractivity contribution in [3.05, 3.63) is 284 Å². The van der Waals surface area contributed by atoms with Gasteiger partial charge in [-0.1, -0.05) is 190 Å². The van der Waals surface area contributed by atoms with Crippen molar-refractivity contribution in [2.24, 2.45) is 4.30 Å². The first kappa shape index (κ1) is 115. The van der Waals surface area contributed by atoms with Gasteiger partial charge in [-0.05, 0) is 241 Å². The Bertz CT molecular complexity index is 5330. The molecule has 11 rings (SSSR count). The fraction of sp³-hybridized carbons (Fsp3) is 0.378. The molecule has 0 unspecified atom stereocenters. The first-order chi connectivity index (χ1) is 63.5. The number of ether oxygens (including phenoxy) is 10. The van der Waals surface area contributed by atoms with Crippen LogP contribution in [0.2, 0.25) is 0 Å². The normalized spacial score (nSPS) is 10.3. The predicted molar refractivity (Wildman–Crippen MR) is 536 cm³/mol. The van der Waals surface area contributed by atoms with Crippen molar-refractivity contribution in [1.29, 1.82) is 0 Å². The van der Waals surface area contributed by atoms with E-state index in [9.17, 15) is 34.3 Å². The Morgan fingerprint density at radius 3 is 1.08 bits per heavy atom. The van der Waals surface area contributed by atoms with Crippen molar-refractivity contribution >= 4 is 138 Å². The number of rotatable bonds is 37. The Balaban J connectivity index is 0.000000339. The number of methoxy groups -OCH3 is 3. The number of halogens is 4. The number of hydrogen-bond donors (Lipinski definition) is 4. The van der Waals surface area contributed by atoms with Crippen LogP contribution in [0, 0.1) is 48.5 Å². The van der Waals surface area contributed by atoms with Crippen LogP contribution >= 0.6 is 76.5 Å². The third-order valence-electron chi connectivity index (χ3n) is 19.5. The van der Waals surface area contributed by atoms with E-state index in [1.165, 1.54) is 0 Å². The average molecular weight is 2090 g/mol. The third kappa shape index (κ3) is 36.7. The second kappa shape index (κ2) is 63.6. The van der Waals surface area contributed by atoms with E-state index in [1.54, 1.807) is 91.5 Å². The number of aromatic nitrogens is 3. The maximum absolute atomic E-state index is 12.3. The molecule has 34 heteroatoms. The number of hydrogen-bond acceptors (Lipinski definition) is 28. The molecule has 0 saturated heterocycles. The standard InChI is InChI=1S/C26H32N2O5.C24H30N2O4.C14H19BN2O4.C12H15BrO3.C10H10Br2O2.C10H11BrO2.C2H6.BHNS/c1-6-31-16-22-14-20(26(29)32-7-2)12-13-24(22)23-11-9-8-10-21(23)15-28(17-30-5)25-18(3)19(4)33-27-25;1-5-29-15-21-12-19(14-27)10-11-23(21)22-9-7-6-8-20(22)13-26(16-28-4)24-17(2)18(3)30-25-24;1-10-11(2)21-16-14(10)17(9-20-3)8-12-6-4-5-7-13(12)15(18)19;1-3-15-8-10-7-9(5-6-11(10)13)12(14)16-4-2;1-2-14-10(13)7-3-4-9(12)8(5-7)6-11;1-3-13-10(12)8-4-5-9(11)7(2)6-8;1-2;1-2-3/h8-14H,6-7,15-17H2,1-5H3;6-12,27H,5,13-16H2,1-4H3;4-7,18-19H,8-9H2,1-3H3;5-7H,3-4,8H2,1-2H3;3-5H,2,6H2,1H3;4-6H,3H2,1-2H3;1-2H3;3H. The van der Waals surface area contributed by atoms with Crippen molar-refractivity contribution in [2.45, 2.75) is 162 Å². The summed E-state index contributed by atoms with van der Waals surface area (Å²) in [4.78, 5) is 52.4. The zero-order chi connectivity index (χ0) is 97.8. The molecule has 132 heavy (non-hydrogen) atoms. The molecule has 0 aliphatic heterocycles. The van der Waals surface area contributed by atoms with E-state index in [0.717, 1.165) is 131 Å². The molecule has 1 radical (unpaired) electrons. The van der Waals surface area contributed by atoms with Gasteiger partial charge in [0, 0.05) is 96.2 Å². The van der Waals surface area contributed by atoms with Crippen LogP contribution in [0.4, 0.5) is 17.5 Å². The predicted octanol–water partition coefficient (Wildman–Crippen LogP) is 21.3. The van der Waals surface area contributed by atoms with E-state index in [2.05, 4.69) is 139 Å². The van der Waals surface area contributed by atoms with Crippen LogP contribution in [0.15, 0.2) is 195 Å². The van der Waals surface area contributed by atoms with E-state index >= 15 is 0 Å². The number of thiol groups is 1. The van der Waals surface area contributed by atoms with Gasteiger partial charge in [-0.2, -0.15) is 0 Å². The Morgan fingerprint density at radius 1 is 0.417 bits per heavy atom. The number of alkyl halides is 1. The number of carbonyl (C=O) groups excluding carboxylic acids is 4. The summed E-state index contributed by atoms with van der Waals surface area (Å²) in [5.41, 5.74) is 18.9. The Hall–Kier alpha value is -9.49. The number of nitrogens with zero attached hydrogens (tertiary/aromatic N) is 7. The first-order valence-electron chi connectivity index (χ1n) is 42.9. The fourth-order valence-electron chi connectivity index (χ4n) is 12.6. The van der Waals surface area contributed by atoms with E-state index in [-0.39, 0.29) is 30.5 Å². The molecule has 0 aliphatic rings. The number of aliphatic hydroxyl groups excluding tert-OH is 1. The number of carbonyl (C=O) groups is 4. The van der Waals surface area contributed by atoms with Gasteiger partial charge in [0.25, 0.3) is 0 Å². The average Bonchev–Trinajstić information content (AvgIpc) is 0.915. The SMILES string of the molecule is CC.CCOC(=O)c1ccc(Br)c(C)c1.CCOC(=O)c1ccc(Br)c(CBr)c1.CCOCc1cc(C(=O)OCC)ccc1-c1ccccc1CN(COC)c1noc(C)c1C.CCOCc1cc(C(=O)OCC)ccc1Br.CCOCc1cc(CO)ccc1-c1ccccc1CN(COC)c1noc(C)c1C.COCN(Cc1ccccc1B(O)O)c1noc(C)c1C.[B]=NS. The molecule has 0 fully saturated rings. The second-order valence-electron chi connectivity index (χ2n) is 28.4. The number of anilines is 3. The number of aliphatic hydroxyl groups is 1. The van der Waals surface area contributed by atoms with Gasteiger partial charge in [0.1, 0.15) is 37.5 Å². The minimum atomic E-state index is -1.51. The summed E-state index contributed by atoms with van der Waals surface area (Å²) in [6.45, 7) is 38.1. The molecular formula is C98H124B2Br4N7O20S. The number of aryl methyl sites for hydroxylation is 4. The Kier molecular flexibility index (Phi) is 55.4. The van der Waals surface area contributed by atoms with Crippen molar-refractivity contribution in [3.63, 3.8) is 0 Å². The van der Waals surface area contributed by atoms with Crippen LogP contribution in [-0.2, 0) is 98.8 Å². The molecule has 3 N–H and O–H groups in total. The molecule has 3 aromatic heterocycles. The summed E-state index contributed by atoms with van der Waals surface area (Å²) in [6, 6.07) is 51.5. The summed E-state index contributed by atoms with van der Waals surface area (Å²) in [5.74, 6) is 3.40. The molecule has 0 aliphatic carbocycles. The third-order valence-corrected chi connectivity index (χ3v) is 22.5. The molecule has 3 heterocycles. The summed E-state index contributed by atoms with van der Waals surface area (Å²) in [7, 11) is 7.76. The van der Waals surface area contributed by atoms with Crippen molar-refractivity contribution in [2.75, 3.05) is 102 Å². The van der Waals surface area contributed by atoms with Crippen LogP contribution in [0.25, 0.3) is 22.3 Å². The molecule has 27 nitrogen and oxygen atoms in total. The van der Waals surface area contributed by atoms with Gasteiger partial charge < -0.3 is 90.8 Å². The molecule has 0 atom stereocenters. The summed E-state index contributed by atoms with van der Waals surface area (Å²) < 4.78 is 74.3. The van der Waals surface area contributed by atoms with Crippen LogP contribution in [0.1, 0.15) is 188 Å². The molecular weight excluding hydrogens is 1970 g/mol. The number of esters is 4. The second-order valence-corrected chi connectivity index (χ2v) is 31.8. The van der Waals surface area contributed by atoms with Gasteiger partial charge in [0.2, 0.25) is 0 Å². The maximum atomic E-state index is 12.3. The fourth-order valence-corrected chi connectivity index (χ4v) is 14.5. The summed E-state index contributed by atoms with van der Waals surface area (Å²) in [6.07, 6.45) is 0. The minimum absolute atomic E-state index is 0.00740. The van der Waals surface area contributed by atoms with E-state index < -0.39 is 7.12 Å². The van der Waals surface area contributed by atoms with Gasteiger partial charge >= 0.3 is 55.7 Å². The number of benzene rings is 8. The molecule has 8 aromatic carbocycles. The molecule has 11 aromatic rings. The van der Waals surface area contributed by atoms with Crippen molar-refractivity contribution in [1.82, 2.24) is 15.5 Å². The van der Waals surface area contributed by atoms with Gasteiger partial charge in [-0.15, -0.1) is 0 Å². The van der Waals surface area contributed by atoms with Crippen LogP contribution < -0.4 is 20.2 Å². The molecule has 0 saturated carbocycles. The van der Waals surface area contributed by atoms with Crippen molar-refractivity contribution in [3.8, 4) is 22.3 Å². The van der Waals surface area contributed by atoms with Gasteiger partial charge in [0.05, 0.1) is 75.1 Å². The monoisotopic (exact) mass is 2090 g/mol. The Labute approximate surface area is 817 Å². The molecule has 0 bridgehead atoms. The van der Waals surface area contributed by atoms with Gasteiger partial charge in [0.15, 0.2) is 17.5 Å². The topological polar surface area (TPSA) is 321 Å². The summed E-state index contributed by atoms with van der Waals surface area (Å²) in [5, 5.41) is 41.7. The summed E-state index contributed by atoms with van der Waals surface area (Å²) >= 11 is 16.7. The van der Waals surface area contributed by atoms with Crippen LogP contribution in [-0.4, -0.2) is 157 Å². The van der Waals surface area contributed by atoms with Crippen LogP contribution in [0.5, 0.6) is 0 Å². The van der Waals surface area contributed by atoms with Crippen LogP contribution in [0.3, 0.4) is 0 Å². The Morgan fingerprint density at radius 2 is 0.727 bits per heavy atom. The van der Waals surface area contributed by atoms with E-state index in [1.807, 2.05) is 184 Å². The zero-order valence-corrected chi connectivity index (χ0v) is 86.1. The van der Waals surface area contributed by atoms with Gasteiger partial charge in [-0.3, -0.25) is 0 Å². The van der Waals surface area contributed by atoms with E-state index in [4.69, 9.17) is 60.9 Å². The zero-order valence-electron chi connectivity index (χ0n) is 78.8. The molecule has 711 valence electrons. The van der Waals surface area contributed by atoms with E-state index in [0.29, 0.717) is 145 Å². The van der Waals surface area contributed by atoms with Crippen molar-refractivity contribution < 1.29 is 95.3 Å². The first-order valence-corrected chi connectivity index (χ1v) is 46.8. The molecule has 0 amide bonds.